The van der Waals surface area contributed by atoms with Gasteiger partial charge in [-0.3, -0.25) is 4.79 Å². The molecule has 0 fully saturated rings. The molecule has 4 aromatic rings. The topological polar surface area (TPSA) is 71.8 Å². The second kappa shape index (κ2) is 10.8. The Bertz CT molecular complexity index is 1530. The summed E-state index contributed by atoms with van der Waals surface area (Å²) < 4.78 is 15.9. The number of aryl methyl sites for hydroxylation is 2. The fraction of sp³-hybridized carbons (Fsp3) is 0.233. The summed E-state index contributed by atoms with van der Waals surface area (Å²) in [6.07, 6.45) is 0.923. The molecule has 1 aliphatic heterocycles. The zero-order chi connectivity index (χ0) is 26.8. The molecular formula is C30H30FN5OS. The zero-order valence-electron chi connectivity index (χ0n) is 21.9. The second-order valence-electron chi connectivity index (χ2n) is 9.41. The summed E-state index contributed by atoms with van der Waals surface area (Å²) in [6.45, 7) is 8.02. The van der Waals surface area contributed by atoms with Crippen molar-refractivity contribution in [2.75, 3.05) is 10.6 Å². The van der Waals surface area contributed by atoms with Crippen LogP contribution >= 0.6 is 11.8 Å². The van der Waals surface area contributed by atoms with E-state index in [0.29, 0.717) is 33.7 Å². The van der Waals surface area contributed by atoms with Crippen molar-refractivity contribution in [1.29, 1.82) is 0 Å². The Kier molecular flexibility index (Phi) is 7.33. The fourth-order valence-corrected chi connectivity index (χ4v) is 5.38. The monoisotopic (exact) mass is 527 g/mol. The van der Waals surface area contributed by atoms with Crippen molar-refractivity contribution in [3.8, 4) is 0 Å². The molecule has 0 radical (unpaired) electrons. The number of benzene rings is 3. The predicted octanol–water partition coefficient (Wildman–Crippen LogP) is 6.82. The molecule has 0 saturated heterocycles. The number of carbonyl (C=O) groups excluding carboxylic acids is 1. The first-order valence-corrected chi connectivity index (χ1v) is 13.6. The highest BCUT2D eigenvalue weighted by molar-refractivity contribution is 7.98. The third kappa shape index (κ3) is 5.09. The van der Waals surface area contributed by atoms with Gasteiger partial charge in [-0.2, -0.15) is 4.98 Å². The summed E-state index contributed by atoms with van der Waals surface area (Å²) in [7, 11) is 0. The molecule has 1 atom stereocenters. The number of rotatable bonds is 7. The lowest BCUT2D eigenvalue weighted by molar-refractivity contribution is -0.113. The normalized spacial score (nSPS) is 14.7. The van der Waals surface area contributed by atoms with Gasteiger partial charge in [0, 0.05) is 17.1 Å². The summed E-state index contributed by atoms with van der Waals surface area (Å²) in [4.78, 5) is 18.5. The quantitative estimate of drug-likeness (QED) is 0.258. The smallest absolute Gasteiger partial charge is 0.255 e. The SMILES string of the molecule is CCc1ccc(C2C(C(=O)Nc3cccc(C)c3C)=C(C)Nc3nc(SCc4ccccc4F)nn32)cc1. The van der Waals surface area contributed by atoms with Crippen LogP contribution in [0.4, 0.5) is 16.0 Å². The van der Waals surface area contributed by atoms with Crippen molar-refractivity contribution < 1.29 is 9.18 Å². The van der Waals surface area contributed by atoms with E-state index in [9.17, 15) is 9.18 Å². The molecule has 0 aliphatic carbocycles. The number of allylic oxidation sites excluding steroid dienone is 1. The molecule has 194 valence electrons. The Morgan fingerprint density at radius 3 is 2.55 bits per heavy atom. The summed E-state index contributed by atoms with van der Waals surface area (Å²) in [5.41, 5.74) is 6.93. The number of nitrogens with zero attached hydrogens (tertiary/aromatic N) is 3. The summed E-state index contributed by atoms with van der Waals surface area (Å²) in [6, 6.07) is 20.4. The Balaban J connectivity index is 1.51. The van der Waals surface area contributed by atoms with Crippen molar-refractivity contribution in [2.24, 2.45) is 0 Å². The van der Waals surface area contributed by atoms with Crippen LogP contribution in [0.5, 0.6) is 0 Å². The number of amides is 1. The number of anilines is 2. The van der Waals surface area contributed by atoms with E-state index in [0.717, 1.165) is 28.8 Å². The number of halogens is 1. The highest BCUT2D eigenvalue weighted by Gasteiger charge is 2.34. The van der Waals surface area contributed by atoms with Gasteiger partial charge in [-0.05, 0) is 67.1 Å². The van der Waals surface area contributed by atoms with Crippen LogP contribution in [-0.2, 0) is 17.0 Å². The van der Waals surface area contributed by atoms with Crippen molar-refractivity contribution in [2.45, 2.75) is 51.1 Å². The number of nitrogens with one attached hydrogen (secondary N) is 2. The standard InChI is InChI=1S/C30H30FN5OS/c1-5-21-13-15-22(16-14-21)27-26(28(37)33-25-12-8-9-18(2)19(25)3)20(4)32-29-34-30(35-36(27)29)38-17-23-10-6-7-11-24(23)31/h6-16,27H,5,17H2,1-4H3,(H,33,37)(H,32,34,35). The first-order chi connectivity index (χ1) is 18.4. The Hall–Kier alpha value is -3.91. The fourth-order valence-electron chi connectivity index (χ4n) is 4.56. The molecule has 0 bridgehead atoms. The maximum Gasteiger partial charge on any atom is 0.255 e. The van der Waals surface area contributed by atoms with Crippen LogP contribution in [0.1, 0.15) is 47.7 Å². The van der Waals surface area contributed by atoms with Gasteiger partial charge < -0.3 is 10.6 Å². The number of aromatic nitrogens is 3. The summed E-state index contributed by atoms with van der Waals surface area (Å²) in [5, 5.41) is 11.7. The van der Waals surface area contributed by atoms with Crippen LogP contribution in [-0.4, -0.2) is 20.7 Å². The zero-order valence-corrected chi connectivity index (χ0v) is 22.7. The van der Waals surface area contributed by atoms with Gasteiger partial charge in [-0.25, -0.2) is 9.07 Å². The van der Waals surface area contributed by atoms with Crippen molar-refractivity contribution in [3.63, 3.8) is 0 Å². The molecule has 6 nitrogen and oxygen atoms in total. The highest BCUT2D eigenvalue weighted by Crippen LogP contribution is 2.37. The molecule has 0 saturated carbocycles. The van der Waals surface area contributed by atoms with Gasteiger partial charge >= 0.3 is 0 Å². The van der Waals surface area contributed by atoms with Gasteiger partial charge in [0.15, 0.2) is 0 Å². The first-order valence-electron chi connectivity index (χ1n) is 12.6. The lowest BCUT2D eigenvalue weighted by Crippen LogP contribution is -2.31. The summed E-state index contributed by atoms with van der Waals surface area (Å²) >= 11 is 1.36. The van der Waals surface area contributed by atoms with E-state index in [4.69, 9.17) is 5.10 Å². The number of hydrogen-bond acceptors (Lipinski definition) is 5. The van der Waals surface area contributed by atoms with Crippen LogP contribution in [0.2, 0.25) is 0 Å². The molecule has 1 amide bonds. The third-order valence-corrected chi connectivity index (χ3v) is 7.84. The molecule has 1 aromatic heterocycles. The van der Waals surface area contributed by atoms with Crippen LogP contribution in [0.15, 0.2) is 83.2 Å². The molecule has 0 spiro atoms. The Morgan fingerprint density at radius 2 is 1.82 bits per heavy atom. The lowest BCUT2D eigenvalue weighted by atomic mass is 9.94. The molecule has 1 aliphatic rings. The van der Waals surface area contributed by atoms with Gasteiger partial charge in [0.1, 0.15) is 11.9 Å². The van der Waals surface area contributed by atoms with Crippen molar-refractivity contribution in [1.82, 2.24) is 14.8 Å². The molecule has 1 unspecified atom stereocenters. The van der Waals surface area contributed by atoms with Crippen LogP contribution < -0.4 is 10.6 Å². The van der Waals surface area contributed by atoms with Gasteiger partial charge in [0.05, 0.1) is 5.57 Å². The van der Waals surface area contributed by atoms with Crippen molar-refractivity contribution in [3.05, 3.63) is 112 Å². The molecule has 2 N–H and O–H groups in total. The van der Waals surface area contributed by atoms with Crippen molar-refractivity contribution >= 4 is 29.3 Å². The summed E-state index contributed by atoms with van der Waals surface area (Å²) in [5.74, 6) is 0.499. The largest absolute Gasteiger partial charge is 0.328 e. The lowest BCUT2D eigenvalue weighted by Gasteiger charge is -2.29. The Morgan fingerprint density at radius 1 is 1.05 bits per heavy atom. The van der Waals surface area contributed by atoms with E-state index in [1.165, 1.54) is 23.4 Å². The van der Waals surface area contributed by atoms with Crippen LogP contribution in [0.3, 0.4) is 0 Å². The number of thioether (sulfide) groups is 1. The third-order valence-electron chi connectivity index (χ3n) is 6.95. The minimum absolute atomic E-state index is 0.199. The highest BCUT2D eigenvalue weighted by atomic mass is 32.2. The molecule has 5 rings (SSSR count). The van der Waals surface area contributed by atoms with E-state index in [1.807, 2.05) is 57.2 Å². The molecule has 38 heavy (non-hydrogen) atoms. The molecule has 2 heterocycles. The average molecular weight is 528 g/mol. The van der Waals surface area contributed by atoms with Crippen LogP contribution in [0, 0.1) is 19.7 Å². The van der Waals surface area contributed by atoms with E-state index in [-0.39, 0.29) is 11.7 Å². The maximum atomic E-state index is 14.2. The molecule has 3 aromatic carbocycles. The minimum Gasteiger partial charge on any atom is -0.328 e. The van der Waals surface area contributed by atoms with Gasteiger partial charge in [0.25, 0.3) is 5.91 Å². The number of hydrogen-bond donors (Lipinski definition) is 2. The van der Waals surface area contributed by atoms with E-state index >= 15 is 0 Å². The molecule has 8 heteroatoms. The van der Waals surface area contributed by atoms with Crippen LogP contribution in [0.25, 0.3) is 0 Å². The van der Waals surface area contributed by atoms with E-state index < -0.39 is 6.04 Å². The van der Waals surface area contributed by atoms with Gasteiger partial charge in [-0.1, -0.05) is 73.3 Å². The van der Waals surface area contributed by atoms with Gasteiger partial charge in [0.2, 0.25) is 11.1 Å². The van der Waals surface area contributed by atoms with E-state index in [2.05, 4.69) is 34.7 Å². The van der Waals surface area contributed by atoms with Gasteiger partial charge in [-0.15, -0.1) is 5.10 Å². The maximum absolute atomic E-state index is 14.2. The Labute approximate surface area is 226 Å². The molecular weight excluding hydrogens is 497 g/mol. The number of carbonyl (C=O) groups is 1. The minimum atomic E-state index is -0.474. The second-order valence-corrected chi connectivity index (χ2v) is 10.3. The van der Waals surface area contributed by atoms with E-state index in [1.54, 1.807) is 16.8 Å². The predicted molar refractivity (Wildman–Crippen MR) is 151 cm³/mol. The average Bonchev–Trinajstić information content (AvgIpc) is 3.32. The number of fused-ring (bicyclic) bond motifs is 1. The first kappa shape index (κ1) is 25.7.